The maximum atomic E-state index is 5.42. The first-order chi connectivity index (χ1) is 6.77. The third-order valence-corrected chi connectivity index (χ3v) is 3.20. The number of likely N-dealkylation sites (N-methyl/N-ethyl adjacent to an activating group) is 1. The van der Waals surface area contributed by atoms with Gasteiger partial charge in [-0.2, -0.15) is 0 Å². The molecule has 0 aliphatic heterocycles. The van der Waals surface area contributed by atoms with E-state index >= 15 is 0 Å². The molecule has 0 aromatic heterocycles. The highest BCUT2D eigenvalue weighted by Crippen LogP contribution is 2.26. The molecule has 1 saturated carbocycles. The lowest BCUT2D eigenvalue weighted by atomic mass is 9.86. The molecule has 0 spiro atoms. The maximum absolute atomic E-state index is 5.42. The Bertz CT molecular complexity index is 189. The molecule has 0 heterocycles. The molecule has 0 radical (unpaired) electrons. The second kappa shape index (κ2) is 6.06. The predicted octanol–water partition coefficient (Wildman–Crippen LogP) is 1.76. The fraction of sp³-hybridized carbons (Fsp3) is 0.833. The van der Waals surface area contributed by atoms with Gasteiger partial charge in [-0.05, 0) is 32.7 Å². The lowest BCUT2D eigenvalue weighted by Gasteiger charge is -2.33. The van der Waals surface area contributed by atoms with Crippen molar-refractivity contribution in [2.24, 2.45) is 5.92 Å². The molecule has 2 nitrogen and oxygen atoms in total. The summed E-state index contributed by atoms with van der Waals surface area (Å²) in [7, 11) is 3.93. The topological polar surface area (TPSA) is 12.5 Å². The molecule has 0 amide bonds. The Morgan fingerprint density at radius 1 is 1.36 bits per heavy atom. The van der Waals surface area contributed by atoms with E-state index in [2.05, 4.69) is 17.9 Å². The molecule has 14 heavy (non-hydrogen) atoms. The van der Waals surface area contributed by atoms with Crippen LogP contribution in [0.5, 0.6) is 0 Å². The summed E-state index contributed by atoms with van der Waals surface area (Å²) in [5.41, 5.74) is 0. The van der Waals surface area contributed by atoms with E-state index in [-0.39, 0.29) is 0 Å². The van der Waals surface area contributed by atoms with Gasteiger partial charge in [-0.1, -0.05) is 0 Å². The van der Waals surface area contributed by atoms with Crippen LogP contribution in [0.1, 0.15) is 25.7 Å². The standard InChI is InChI=1S/C12H21NO/c1-4-11-5-7-12(8-6-11)13(2)9-10-14-3/h1,11-12H,5-10H2,2-3H3/t11-,12-. The minimum atomic E-state index is 0.530. The predicted molar refractivity (Wildman–Crippen MR) is 59.1 cm³/mol. The maximum Gasteiger partial charge on any atom is 0.0589 e. The number of terminal acetylenes is 1. The summed E-state index contributed by atoms with van der Waals surface area (Å²) < 4.78 is 5.07. The average Bonchev–Trinajstić information content (AvgIpc) is 2.26. The van der Waals surface area contributed by atoms with Crippen LogP contribution in [-0.2, 0) is 4.74 Å². The summed E-state index contributed by atoms with van der Waals surface area (Å²) in [6.07, 6.45) is 10.3. The van der Waals surface area contributed by atoms with Crippen molar-refractivity contribution in [1.29, 1.82) is 0 Å². The number of methoxy groups -OCH3 is 1. The minimum absolute atomic E-state index is 0.530. The fourth-order valence-electron chi connectivity index (χ4n) is 2.10. The molecule has 1 fully saturated rings. The SMILES string of the molecule is C#C[C@H]1CC[C@H](N(C)CCOC)CC1. The molecule has 1 rings (SSSR count). The van der Waals surface area contributed by atoms with Crippen LogP contribution in [0.3, 0.4) is 0 Å². The highest BCUT2D eigenvalue weighted by molar-refractivity contribution is 4.96. The van der Waals surface area contributed by atoms with Gasteiger partial charge in [-0.3, -0.25) is 0 Å². The Hall–Kier alpha value is -0.520. The average molecular weight is 195 g/mol. The summed E-state index contributed by atoms with van der Waals surface area (Å²) in [5, 5.41) is 0. The van der Waals surface area contributed by atoms with Crippen LogP contribution in [-0.4, -0.2) is 38.3 Å². The van der Waals surface area contributed by atoms with Crippen molar-refractivity contribution in [3.8, 4) is 12.3 Å². The van der Waals surface area contributed by atoms with Gasteiger partial charge in [0.25, 0.3) is 0 Å². The smallest absolute Gasteiger partial charge is 0.0589 e. The van der Waals surface area contributed by atoms with Gasteiger partial charge in [0.2, 0.25) is 0 Å². The van der Waals surface area contributed by atoms with Crippen molar-refractivity contribution in [2.45, 2.75) is 31.7 Å². The number of hydrogen-bond acceptors (Lipinski definition) is 2. The highest BCUT2D eigenvalue weighted by Gasteiger charge is 2.22. The number of ether oxygens (including phenoxy) is 1. The molecule has 1 aliphatic rings. The van der Waals surface area contributed by atoms with Gasteiger partial charge in [0.15, 0.2) is 0 Å². The normalized spacial score (nSPS) is 27.6. The second-order valence-electron chi connectivity index (χ2n) is 4.15. The molecule has 1 aliphatic carbocycles. The molecular formula is C12H21NO. The Kier molecular flexibility index (Phi) is 5.00. The van der Waals surface area contributed by atoms with E-state index in [1.54, 1.807) is 7.11 Å². The zero-order valence-corrected chi connectivity index (χ0v) is 9.33. The quantitative estimate of drug-likeness (QED) is 0.634. The van der Waals surface area contributed by atoms with Crippen LogP contribution < -0.4 is 0 Å². The molecule has 0 N–H and O–H groups in total. The third kappa shape index (κ3) is 3.32. The molecule has 80 valence electrons. The van der Waals surface area contributed by atoms with Crippen molar-refractivity contribution < 1.29 is 4.74 Å². The largest absolute Gasteiger partial charge is 0.383 e. The zero-order valence-electron chi connectivity index (χ0n) is 9.33. The molecule has 0 saturated heterocycles. The van der Waals surface area contributed by atoms with Gasteiger partial charge in [0.1, 0.15) is 0 Å². The van der Waals surface area contributed by atoms with Crippen LogP contribution in [0.2, 0.25) is 0 Å². The van der Waals surface area contributed by atoms with Crippen molar-refractivity contribution in [3.63, 3.8) is 0 Å². The van der Waals surface area contributed by atoms with Crippen LogP contribution >= 0.6 is 0 Å². The van der Waals surface area contributed by atoms with Crippen molar-refractivity contribution in [3.05, 3.63) is 0 Å². The van der Waals surface area contributed by atoms with E-state index in [0.29, 0.717) is 5.92 Å². The van der Waals surface area contributed by atoms with E-state index in [1.165, 1.54) is 25.7 Å². The molecule has 0 unspecified atom stereocenters. The monoisotopic (exact) mass is 195 g/mol. The molecule has 2 heteroatoms. The Morgan fingerprint density at radius 2 is 2.00 bits per heavy atom. The van der Waals surface area contributed by atoms with Crippen LogP contribution in [0.25, 0.3) is 0 Å². The van der Waals surface area contributed by atoms with Crippen molar-refractivity contribution in [2.75, 3.05) is 27.3 Å². The molecule has 0 atom stereocenters. The van der Waals surface area contributed by atoms with E-state index in [4.69, 9.17) is 11.2 Å². The van der Waals surface area contributed by atoms with E-state index in [1.807, 2.05) is 0 Å². The van der Waals surface area contributed by atoms with Gasteiger partial charge in [0.05, 0.1) is 6.61 Å². The van der Waals surface area contributed by atoms with Crippen LogP contribution in [0.15, 0.2) is 0 Å². The Balaban J connectivity index is 2.23. The van der Waals surface area contributed by atoms with Crippen LogP contribution in [0, 0.1) is 18.3 Å². The fourth-order valence-corrected chi connectivity index (χ4v) is 2.10. The summed E-state index contributed by atoms with van der Waals surface area (Å²) in [4.78, 5) is 2.40. The highest BCUT2D eigenvalue weighted by atomic mass is 16.5. The van der Waals surface area contributed by atoms with Gasteiger partial charge < -0.3 is 9.64 Å². The van der Waals surface area contributed by atoms with Crippen molar-refractivity contribution in [1.82, 2.24) is 4.90 Å². The van der Waals surface area contributed by atoms with Gasteiger partial charge >= 0.3 is 0 Å². The first kappa shape index (κ1) is 11.6. The van der Waals surface area contributed by atoms with E-state index in [0.717, 1.165) is 19.2 Å². The number of hydrogen-bond donors (Lipinski definition) is 0. The first-order valence-corrected chi connectivity index (χ1v) is 5.43. The number of nitrogens with zero attached hydrogens (tertiary/aromatic N) is 1. The second-order valence-corrected chi connectivity index (χ2v) is 4.15. The van der Waals surface area contributed by atoms with Gasteiger partial charge in [0, 0.05) is 25.6 Å². The Morgan fingerprint density at radius 3 is 2.50 bits per heavy atom. The Labute approximate surface area is 87.6 Å². The molecule has 0 bridgehead atoms. The van der Waals surface area contributed by atoms with E-state index in [9.17, 15) is 0 Å². The van der Waals surface area contributed by atoms with E-state index < -0.39 is 0 Å². The van der Waals surface area contributed by atoms with Gasteiger partial charge in [-0.25, -0.2) is 0 Å². The molecule has 0 aromatic carbocycles. The third-order valence-electron chi connectivity index (χ3n) is 3.20. The lowest BCUT2D eigenvalue weighted by molar-refractivity contribution is 0.118. The lowest BCUT2D eigenvalue weighted by Crippen LogP contribution is -2.36. The molecule has 0 aromatic rings. The van der Waals surface area contributed by atoms with Gasteiger partial charge in [-0.15, -0.1) is 12.3 Å². The summed E-state index contributed by atoms with van der Waals surface area (Å²) >= 11 is 0. The number of rotatable bonds is 4. The molecular weight excluding hydrogens is 174 g/mol. The van der Waals surface area contributed by atoms with Crippen molar-refractivity contribution >= 4 is 0 Å². The van der Waals surface area contributed by atoms with Crippen LogP contribution in [0.4, 0.5) is 0 Å². The zero-order chi connectivity index (χ0) is 10.4. The first-order valence-electron chi connectivity index (χ1n) is 5.43. The summed E-state index contributed by atoms with van der Waals surface area (Å²) in [6.45, 7) is 1.85. The summed E-state index contributed by atoms with van der Waals surface area (Å²) in [5.74, 6) is 3.39. The summed E-state index contributed by atoms with van der Waals surface area (Å²) in [6, 6.07) is 0.717. The minimum Gasteiger partial charge on any atom is -0.383 e.